The zero-order valence-electron chi connectivity index (χ0n) is 14.0. The van der Waals surface area contributed by atoms with Crippen LogP contribution < -0.4 is 5.32 Å². The molecular formula is C18H20FN5O. The number of halogens is 1. The third-order valence-electron chi connectivity index (χ3n) is 4.37. The van der Waals surface area contributed by atoms with Gasteiger partial charge in [-0.2, -0.15) is 5.10 Å². The highest BCUT2D eigenvalue weighted by Gasteiger charge is 2.22. The van der Waals surface area contributed by atoms with Gasteiger partial charge in [-0.05, 0) is 29.8 Å². The molecule has 1 unspecified atom stereocenters. The van der Waals surface area contributed by atoms with Gasteiger partial charge in [0.1, 0.15) is 18.2 Å². The van der Waals surface area contributed by atoms with Crippen molar-refractivity contribution in [1.29, 1.82) is 0 Å². The maximum Gasteiger partial charge on any atom is 0.135 e. The molecule has 1 aromatic carbocycles. The second kappa shape index (κ2) is 6.78. The van der Waals surface area contributed by atoms with E-state index < -0.39 is 0 Å². The summed E-state index contributed by atoms with van der Waals surface area (Å²) < 4.78 is 23.0. The van der Waals surface area contributed by atoms with Crippen LogP contribution in [-0.4, -0.2) is 32.0 Å². The van der Waals surface area contributed by atoms with E-state index in [4.69, 9.17) is 4.74 Å². The Kier molecular flexibility index (Phi) is 4.33. The fourth-order valence-corrected chi connectivity index (χ4v) is 3.10. The van der Waals surface area contributed by atoms with Crippen LogP contribution in [-0.2, 0) is 31.5 Å². The molecule has 0 saturated carbocycles. The minimum atomic E-state index is -0.233. The maximum absolute atomic E-state index is 13.2. The Labute approximate surface area is 145 Å². The lowest BCUT2D eigenvalue weighted by molar-refractivity contribution is 0.00326. The van der Waals surface area contributed by atoms with E-state index in [0.717, 1.165) is 42.3 Å². The van der Waals surface area contributed by atoms with E-state index in [9.17, 15) is 4.39 Å². The van der Waals surface area contributed by atoms with Crippen LogP contribution in [0.3, 0.4) is 0 Å². The summed E-state index contributed by atoms with van der Waals surface area (Å²) in [6, 6.07) is 6.51. The monoisotopic (exact) mass is 341 g/mol. The van der Waals surface area contributed by atoms with Crippen molar-refractivity contribution >= 4 is 0 Å². The van der Waals surface area contributed by atoms with Gasteiger partial charge in [0.15, 0.2) is 0 Å². The van der Waals surface area contributed by atoms with Gasteiger partial charge >= 0.3 is 0 Å². The number of aromatic nitrogens is 4. The van der Waals surface area contributed by atoms with Gasteiger partial charge < -0.3 is 14.6 Å². The van der Waals surface area contributed by atoms with E-state index in [1.807, 2.05) is 25.6 Å². The van der Waals surface area contributed by atoms with Gasteiger partial charge in [0.05, 0.1) is 30.7 Å². The summed E-state index contributed by atoms with van der Waals surface area (Å²) >= 11 is 0. The third kappa shape index (κ3) is 3.47. The van der Waals surface area contributed by atoms with E-state index in [1.165, 1.54) is 12.1 Å². The van der Waals surface area contributed by atoms with E-state index in [0.29, 0.717) is 6.61 Å². The van der Waals surface area contributed by atoms with Crippen molar-refractivity contribution in [2.45, 2.75) is 25.8 Å². The first-order valence-electron chi connectivity index (χ1n) is 8.29. The van der Waals surface area contributed by atoms with Gasteiger partial charge in [0.25, 0.3) is 0 Å². The first-order valence-corrected chi connectivity index (χ1v) is 8.29. The highest BCUT2D eigenvalue weighted by atomic mass is 19.1. The molecule has 130 valence electrons. The van der Waals surface area contributed by atoms with E-state index in [-0.39, 0.29) is 11.9 Å². The van der Waals surface area contributed by atoms with Crippen molar-refractivity contribution in [2.75, 3.05) is 6.54 Å². The van der Waals surface area contributed by atoms with Gasteiger partial charge in [0, 0.05) is 31.9 Å². The second-order valence-electron chi connectivity index (χ2n) is 6.26. The van der Waals surface area contributed by atoms with E-state index >= 15 is 0 Å². The molecule has 0 spiro atoms. The zero-order valence-corrected chi connectivity index (χ0v) is 14.0. The largest absolute Gasteiger partial charge is 0.367 e. The van der Waals surface area contributed by atoms with Crippen molar-refractivity contribution in [1.82, 2.24) is 24.6 Å². The molecular weight excluding hydrogens is 321 g/mol. The highest BCUT2D eigenvalue weighted by molar-refractivity contribution is 5.59. The molecule has 25 heavy (non-hydrogen) atoms. The SMILES string of the molecule is Cn1cc(CNCC2Cn3c(-c4ccc(F)cc4)cnc3CO2)cn1. The molecule has 0 saturated heterocycles. The summed E-state index contributed by atoms with van der Waals surface area (Å²) in [5.41, 5.74) is 3.10. The fourth-order valence-electron chi connectivity index (χ4n) is 3.10. The molecule has 1 N–H and O–H groups in total. The van der Waals surface area contributed by atoms with Crippen molar-refractivity contribution in [2.24, 2.45) is 7.05 Å². The maximum atomic E-state index is 13.2. The van der Waals surface area contributed by atoms with Crippen LogP contribution in [0.5, 0.6) is 0 Å². The Morgan fingerprint density at radius 3 is 2.88 bits per heavy atom. The van der Waals surface area contributed by atoms with Crippen LogP contribution in [0.2, 0.25) is 0 Å². The van der Waals surface area contributed by atoms with Gasteiger partial charge in [-0.15, -0.1) is 0 Å². The number of nitrogens with zero attached hydrogens (tertiary/aromatic N) is 4. The summed E-state index contributed by atoms with van der Waals surface area (Å²) in [6.07, 6.45) is 5.75. The van der Waals surface area contributed by atoms with Crippen LogP contribution in [0.15, 0.2) is 42.9 Å². The Bertz CT molecular complexity index is 855. The average Bonchev–Trinajstić information content (AvgIpc) is 3.22. The predicted molar refractivity (Wildman–Crippen MR) is 91.1 cm³/mol. The average molecular weight is 341 g/mol. The standard InChI is InChI=1S/C18H20FN5O/c1-23-10-13(7-22-23)6-20-8-16-11-24-17(9-21-18(24)12-25-16)14-2-4-15(19)5-3-14/h2-5,7,9-10,16,20H,6,8,11-12H2,1H3. The number of imidazole rings is 1. The third-order valence-corrected chi connectivity index (χ3v) is 4.37. The van der Waals surface area contributed by atoms with E-state index in [1.54, 1.807) is 16.8 Å². The quantitative estimate of drug-likeness (QED) is 0.772. The second-order valence-corrected chi connectivity index (χ2v) is 6.26. The zero-order chi connectivity index (χ0) is 17.2. The van der Waals surface area contributed by atoms with Crippen molar-refractivity contribution in [3.8, 4) is 11.3 Å². The number of hydrogen-bond donors (Lipinski definition) is 1. The molecule has 3 aromatic rings. The summed E-state index contributed by atoms with van der Waals surface area (Å²) in [5, 5.41) is 7.58. The molecule has 6 nitrogen and oxygen atoms in total. The lowest BCUT2D eigenvalue weighted by Gasteiger charge is -2.26. The Morgan fingerprint density at radius 2 is 2.12 bits per heavy atom. The molecule has 4 rings (SSSR count). The summed E-state index contributed by atoms with van der Waals surface area (Å²) in [6.45, 7) is 2.72. The number of ether oxygens (including phenoxy) is 1. The molecule has 1 aliphatic heterocycles. The van der Waals surface area contributed by atoms with Crippen LogP contribution in [0.1, 0.15) is 11.4 Å². The van der Waals surface area contributed by atoms with Gasteiger partial charge in [0.2, 0.25) is 0 Å². The molecule has 7 heteroatoms. The van der Waals surface area contributed by atoms with Gasteiger partial charge in [-0.25, -0.2) is 9.37 Å². The van der Waals surface area contributed by atoms with Crippen LogP contribution in [0.25, 0.3) is 11.3 Å². The Hall–Kier alpha value is -2.51. The minimum Gasteiger partial charge on any atom is -0.367 e. The molecule has 0 fully saturated rings. The van der Waals surface area contributed by atoms with Crippen LogP contribution in [0.4, 0.5) is 4.39 Å². The van der Waals surface area contributed by atoms with E-state index in [2.05, 4.69) is 20.0 Å². The smallest absolute Gasteiger partial charge is 0.135 e. The van der Waals surface area contributed by atoms with Gasteiger partial charge in [-0.3, -0.25) is 4.68 Å². The van der Waals surface area contributed by atoms with Crippen LogP contribution >= 0.6 is 0 Å². The molecule has 0 radical (unpaired) electrons. The lowest BCUT2D eigenvalue weighted by atomic mass is 10.1. The number of rotatable bonds is 5. The highest BCUT2D eigenvalue weighted by Crippen LogP contribution is 2.25. The molecule has 0 amide bonds. The molecule has 2 aromatic heterocycles. The Balaban J connectivity index is 1.42. The van der Waals surface area contributed by atoms with Crippen molar-refractivity contribution < 1.29 is 9.13 Å². The van der Waals surface area contributed by atoms with Crippen LogP contribution in [0, 0.1) is 5.82 Å². The molecule has 0 aliphatic carbocycles. The number of benzene rings is 1. The molecule has 1 aliphatic rings. The summed E-state index contributed by atoms with van der Waals surface area (Å²) in [4.78, 5) is 4.43. The fraction of sp³-hybridized carbons (Fsp3) is 0.333. The Morgan fingerprint density at radius 1 is 1.28 bits per heavy atom. The first-order chi connectivity index (χ1) is 12.2. The molecule has 0 bridgehead atoms. The predicted octanol–water partition coefficient (Wildman–Crippen LogP) is 2.11. The van der Waals surface area contributed by atoms with Crippen molar-refractivity contribution in [3.05, 3.63) is 60.1 Å². The van der Waals surface area contributed by atoms with Gasteiger partial charge in [-0.1, -0.05) is 0 Å². The summed E-state index contributed by atoms with van der Waals surface area (Å²) in [7, 11) is 1.91. The first kappa shape index (κ1) is 16.0. The lowest BCUT2D eigenvalue weighted by Crippen LogP contribution is -2.36. The number of fused-ring (bicyclic) bond motifs is 1. The number of nitrogens with one attached hydrogen (secondary N) is 1. The number of hydrogen-bond acceptors (Lipinski definition) is 4. The minimum absolute atomic E-state index is 0.0672. The number of aryl methyl sites for hydroxylation is 1. The normalized spacial score (nSPS) is 16.8. The topological polar surface area (TPSA) is 56.9 Å². The molecule has 1 atom stereocenters. The van der Waals surface area contributed by atoms with Crippen molar-refractivity contribution in [3.63, 3.8) is 0 Å². The molecule has 3 heterocycles. The summed E-state index contributed by atoms with van der Waals surface area (Å²) in [5.74, 6) is 0.672.